The van der Waals surface area contributed by atoms with Gasteiger partial charge in [0.25, 0.3) is 0 Å². The van der Waals surface area contributed by atoms with E-state index in [-0.39, 0.29) is 12.6 Å². The van der Waals surface area contributed by atoms with Crippen molar-refractivity contribution in [2.75, 3.05) is 5.32 Å². The third-order valence-electron chi connectivity index (χ3n) is 2.90. The van der Waals surface area contributed by atoms with Gasteiger partial charge in [-0.1, -0.05) is 30.3 Å². The highest BCUT2D eigenvalue weighted by Gasteiger charge is 2.07. The molecule has 2 heterocycles. The van der Waals surface area contributed by atoms with Crippen molar-refractivity contribution in [2.45, 2.75) is 6.54 Å². The van der Waals surface area contributed by atoms with Gasteiger partial charge in [0.15, 0.2) is 5.82 Å². The minimum atomic E-state index is -0.328. The number of carbonyl (C=O) groups excluding carboxylic acids is 1. The van der Waals surface area contributed by atoms with E-state index in [1.165, 1.54) is 0 Å². The lowest BCUT2D eigenvalue weighted by Gasteiger charge is -2.05. The van der Waals surface area contributed by atoms with Crippen LogP contribution in [0, 0.1) is 0 Å². The molecule has 22 heavy (non-hydrogen) atoms. The molecule has 0 aliphatic heterocycles. The molecule has 0 unspecified atom stereocenters. The molecule has 1 aromatic carbocycles. The van der Waals surface area contributed by atoms with E-state index in [0.717, 1.165) is 5.56 Å². The van der Waals surface area contributed by atoms with Gasteiger partial charge in [-0.2, -0.15) is 5.10 Å². The lowest BCUT2D eigenvalue weighted by atomic mass is 10.2. The summed E-state index contributed by atoms with van der Waals surface area (Å²) < 4.78 is 0. The number of aromatic nitrogens is 4. The molecule has 0 atom stereocenters. The molecule has 0 bridgehead atoms. The molecule has 0 aliphatic rings. The normalized spacial score (nSPS) is 10.2. The van der Waals surface area contributed by atoms with Crippen molar-refractivity contribution >= 4 is 11.7 Å². The second kappa shape index (κ2) is 6.49. The molecule has 2 aromatic heterocycles. The van der Waals surface area contributed by atoms with Crippen LogP contribution in [-0.2, 0) is 6.54 Å². The number of aromatic amines is 1. The van der Waals surface area contributed by atoms with Crippen LogP contribution in [0.1, 0.15) is 5.82 Å². The number of hydrogen-bond acceptors (Lipinski definition) is 4. The van der Waals surface area contributed by atoms with Crippen LogP contribution in [0.25, 0.3) is 11.4 Å². The maximum Gasteiger partial charge on any atom is 0.319 e. The number of nitrogens with zero attached hydrogens (tertiary/aromatic N) is 3. The number of amides is 2. The van der Waals surface area contributed by atoms with Gasteiger partial charge in [0.05, 0.1) is 18.4 Å². The number of pyridine rings is 1. The van der Waals surface area contributed by atoms with Crippen molar-refractivity contribution in [2.24, 2.45) is 0 Å². The molecule has 110 valence electrons. The van der Waals surface area contributed by atoms with Gasteiger partial charge < -0.3 is 10.6 Å². The number of benzene rings is 1. The highest BCUT2D eigenvalue weighted by molar-refractivity contribution is 5.88. The predicted octanol–water partition coefficient (Wildman–Crippen LogP) is 2.19. The average Bonchev–Trinajstić information content (AvgIpc) is 3.04. The second-order valence-electron chi connectivity index (χ2n) is 4.52. The molecule has 0 saturated heterocycles. The first-order chi connectivity index (χ1) is 10.8. The van der Waals surface area contributed by atoms with Crippen LogP contribution >= 0.6 is 0 Å². The summed E-state index contributed by atoms with van der Waals surface area (Å²) >= 11 is 0. The van der Waals surface area contributed by atoms with E-state index >= 15 is 0 Å². The Morgan fingerprint density at radius 2 is 2.00 bits per heavy atom. The number of nitrogens with one attached hydrogen (secondary N) is 3. The zero-order valence-corrected chi connectivity index (χ0v) is 11.7. The lowest BCUT2D eigenvalue weighted by Crippen LogP contribution is -2.28. The van der Waals surface area contributed by atoms with Gasteiger partial charge in [-0.3, -0.25) is 10.1 Å². The molecule has 3 N–H and O–H groups in total. The zero-order valence-electron chi connectivity index (χ0n) is 11.7. The molecule has 0 fully saturated rings. The number of anilines is 1. The number of urea groups is 1. The molecule has 3 aromatic rings. The summed E-state index contributed by atoms with van der Waals surface area (Å²) in [4.78, 5) is 20.0. The van der Waals surface area contributed by atoms with Gasteiger partial charge in [-0.15, -0.1) is 0 Å². The summed E-state index contributed by atoms with van der Waals surface area (Å²) in [5, 5.41) is 12.3. The molecule has 7 heteroatoms. The van der Waals surface area contributed by atoms with E-state index in [4.69, 9.17) is 0 Å². The third-order valence-corrected chi connectivity index (χ3v) is 2.90. The third kappa shape index (κ3) is 3.45. The van der Waals surface area contributed by atoms with Crippen LogP contribution in [0.2, 0.25) is 0 Å². The van der Waals surface area contributed by atoms with E-state index in [0.29, 0.717) is 17.3 Å². The second-order valence-corrected chi connectivity index (χ2v) is 4.52. The summed E-state index contributed by atoms with van der Waals surface area (Å²) in [5.41, 5.74) is 1.55. The van der Waals surface area contributed by atoms with Gasteiger partial charge in [0.2, 0.25) is 0 Å². The van der Waals surface area contributed by atoms with Gasteiger partial charge in [0.1, 0.15) is 5.82 Å². The quantitative estimate of drug-likeness (QED) is 0.687. The van der Waals surface area contributed by atoms with E-state index in [1.807, 2.05) is 30.3 Å². The molecular formula is C15H14N6O. The van der Waals surface area contributed by atoms with Crippen molar-refractivity contribution in [3.05, 3.63) is 60.7 Å². The summed E-state index contributed by atoms with van der Waals surface area (Å²) in [6, 6.07) is 12.8. The van der Waals surface area contributed by atoms with Gasteiger partial charge in [0, 0.05) is 11.8 Å². The van der Waals surface area contributed by atoms with E-state index < -0.39 is 0 Å². The fourth-order valence-corrected chi connectivity index (χ4v) is 1.87. The molecule has 3 rings (SSSR count). The molecular weight excluding hydrogens is 280 g/mol. The Balaban J connectivity index is 1.56. The maximum absolute atomic E-state index is 11.8. The first kappa shape index (κ1) is 13.7. The van der Waals surface area contributed by atoms with Crippen LogP contribution in [0.4, 0.5) is 10.5 Å². The van der Waals surface area contributed by atoms with Crippen LogP contribution in [0.15, 0.2) is 54.9 Å². The largest absolute Gasteiger partial charge is 0.331 e. The maximum atomic E-state index is 11.8. The van der Waals surface area contributed by atoms with Crippen LogP contribution in [0.3, 0.4) is 0 Å². The van der Waals surface area contributed by atoms with Crippen LogP contribution in [0.5, 0.6) is 0 Å². The molecule has 2 amide bonds. The Bertz CT molecular complexity index is 741. The summed E-state index contributed by atoms with van der Waals surface area (Å²) in [5.74, 6) is 1.19. The van der Waals surface area contributed by atoms with Crippen molar-refractivity contribution in [3.63, 3.8) is 0 Å². The van der Waals surface area contributed by atoms with E-state index in [1.54, 1.807) is 24.5 Å². The summed E-state index contributed by atoms with van der Waals surface area (Å²) in [6.45, 7) is 0.256. The zero-order chi connectivity index (χ0) is 15.2. The highest BCUT2D eigenvalue weighted by Crippen LogP contribution is 2.13. The SMILES string of the molecule is O=C(NCc1nc(-c2ccccc2)n[nH]1)Nc1cccnc1. The predicted molar refractivity (Wildman–Crippen MR) is 81.9 cm³/mol. The van der Waals surface area contributed by atoms with Crippen LogP contribution in [-0.4, -0.2) is 26.2 Å². The van der Waals surface area contributed by atoms with Gasteiger partial charge >= 0.3 is 6.03 Å². The van der Waals surface area contributed by atoms with E-state index in [2.05, 4.69) is 30.8 Å². The number of H-pyrrole nitrogens is 1. The summed E-state index contributed by atoms with van der Waals surface area (Å²) in [6.07, 6.45) is 3.21. The first-order valence-electron chi connectivity index (χ1n) is 6.73. The minimum Gasteiger partial charge on any atom is -0.331 e. The number of hydrogen-bond donors (Lipinski definition) is 3. The number of carbonyl (C=O) groups is 1. The van der Waals surface area contributed by atoms with Crippen molar-refractivity contribution in [3.8, 4) is 11.4 Å². The van der Waals surface area contributed by atoms with Crippen molar-refractivity contribution < 1.29 is 4.79 Å². The lowest BCUT2D eigenvalue weighted by molar-refractivity contribution is 0.251. The average molecular weight is 294 g/mol. The fraction of sp³-hybridized carbons (Fsp3) is 0.0667. The highest BCUT2D eigenvalue weighted by atomic mass is 16.2. The molecule has 7 nitrogen and oxygen atoms in total. The molecule has 0 aliphatic carbocycles. The van der Waals surface area contributed by atoms with Crippen molar-refractivity contribution in [1.29, 1.82) is 0 Å². The Kier molecular flexibility index (Phi) is 4.05. The van der Waals surface area contributed by atoms with Gasteiger partial charge in [-0.05, 0) is 12.1 Å². The molecule has 0 spiro atoms. The Labute approximate surface area is 126 Å². The monoisotopic (exact) mass is 294 g/mol. The Morgan fingerprint density at radius 3 is 2.77 bits per heavy atom. The standard InChI is InChI=1S/C15H14N6O/c22-15(18-12-7-4-8-16-9-12)17-10-13-19-14(21-20-13)11-5-2-1-3-6-11/h1-9H,10H2,(H2,17,18,22)(H,19,20,21). The van der Waals surface area contributed by atoms with Crippen LogP contribution < -0.4 is 10.6 Å². The summed E-state index contributed by atoms with van der Waals surface area (Å²) in [7, 11) is 0. The fourth-order valence-electron chi connectivity index (χ4n) is 1.87. The minimum absolute atomic E-state index is 0.256. The Morgan fingerprint density at radius 1 is 1.14 bits per heavy atom. The molecule has 0 saturated carbocycles. The Hall–Kier alpha value is -3.22. The number of rotatable bonds is 4. The van der Waals surface area contributed by atoms with Gasteiger partial charge in [-0.25, -0.2) is 9.78 Å². The van der Waals surface area contributed by atoms with Crippen molar-refractivity contribution in [1.82, 2.24) is 25.5 Å². The topological polar surface area (TPSA) is 95.6 Å². The smallest absolute Gasteiger partial charge is 0.319 e. The molecule has 0 radical (unpaired) electrons. The first-order valence-corrected chi connectivity index (χ1v) is 6.73. The van der Waals surface area contributed by atoms with E-state index in [9.17, 15) is 4.79 Å².